The minimum absolute atomic E-state index is 0.175. The number of sulfone groups is 1. The monoisotopic (exact) mass is 537 g/mol. The zero-order valence-electron chi connectivity index (χ0n) is 21.9. The molecule has 198 valence electrons. The van der Waals surface area contributed by atoms with Gasteiger partial charge in [-0.05, 0) is 13.3 Å². The maximum absolute atomic E-state index is 13.0. The van der Waals surface area contributed by atoms with Crippen molar-refractivity contribution in [3.05, 3.63) is 11.4 Å². The van der Waals surface area contributed by atoms with Crippen molar-refractivity contribution in [3.8, 4) is 0 Å². The molecule has 8 nitrogen and oxygen atoms in total. The molecule has 2 atom stereocenters. The van der Waals surface area contributed by atoms with Crippen molar-refractivity contribution in [1.82, 2.24) is 10.6 Å². The summed E-state index contributed by atoms with van der Waals surface area (Å²) in [6.45, 7) is 16.9. The Balaban J connectivity index is 5.03. The van der Waals surface area contributed by atoms with Crippen molar-refractivity contribution in [2.45, 2.75) is 63.7 Å². The molecule has 0 aromatic carbocycles. The zero-order valence-corrected chi connectivity index (χ0v) is 24.5. The first-order valence-corrected chi connectivity index (χ1v) is 14.7. The van der Waals surface area contributed by atoms with E-state index in [1.165, 1.54) is 6.26 Å². The highest BCUT2D eigenvalue weighted by Crippen LogP contribution is 2.40. The number of quaternary nitrogens is 1. The van der Waals surface area contributed by atoms with Crippen molar-refractivity contribution in [2.24, 2.45) is 5.41 Å². The molecular weight excluding hydrogens is 492 g/mol. The summed E-state index contributed by atoms with van der Waals surface area (Å²) in [5.41, 5.74) is -1.71. The largest absolute Gasteiger partial charge is 0.355 e. The molecule has 0 aliphatic carbocycles. The van der Waals surface area contributed by atoms with E-state index in [2.05, 4.69) is 40.7 Å². The van der Waals surface area contributed by atoms with E-state index >= 15 is 0 Å². The van der Waals surface area contributed by atoms with Gasteiger partial charge in [0.25, 0.3) is 0 Å². The quantitative estimate of drug-likeness (QED) is 0.105. The first-order chi connectivity index (χ1) is 15.3. The Hall–Kier alpha value is -0.960. The number of amides is 2. The van der Waals surface area contributed by atoms with Crippen LogP contribution in [0, 0.1) is 12.0 Å². The molecule has 34 heavy (non-hydrogen) atoms. The average Bonchev–Trinajstić information content (AvgIpc) is 2.67. The topological polar surface area (TPSA) is 96.7 Å². The van der Waals surface area contributed by atoms with E-state index in [1.807, 2.05) is 14.1 Å². The smallest absolute Gasteiger partial charge is 0.235 e. The highest BCUT2D eigenvalue weighted by atomic mass is 32.2. The third-order valence-corrected chi connectivity index (χ3v) is 7.41. The maximum atomic E-state index is 13.0. The lowest BCUT2D eigenvalue weighted by Gasteiger charge is -2.36. The Morgan fingerprint density at radius 2 is 1.50 bits per heavy atom. The van der Waals surface area contributed by atoms with Crippen molar-refractivity contribution in [2.75, 3.05) is 58.0 Å². The molecule has 0 aliphatic rings. The number of hydrogen-bond donors (Lipinski definition) is 4. The summed E-state index contributed by atoms with van der Waals surface area (Å²) >= 11 is 8.77. The number of hydrogen-bond acceptors (Lipinski definition) is 6. The van der Waals surface area contributed by atoms with E-state index in [1.54, 1.807) is 27.7 Å². The van der Waals surface area contributed by atoms with Gasteiger partial charge in [-0.2, -0.15) is 25.3 Å². The fourth-order valence-electron chi connectivity index (χ4n) is 4.21. The lowest BCUT2D eigenvalue weighted by Crippen LogP contribution is -2.50. The van der Waals surface area contributed by atoms with E-state index in [0.29, 0.717) is 36.2 Å². The zero-order chi connectivity index (χ0) is 26.8. The van der Waals surface area contributed by atoms with Gasteiger partial charge in [0.1, 0.15) is 9.84 Å². The SMILES string of the molecule is [C-]#[N+]C(C)(C)CC(C)(CC(C)(S)C(=O)NCCC[N+](C)(C)CCCS(C)(=O)=O)C(=O)NCCS. The molecule has 2 N–H and O–H groups in total. The van der Waals surface area contributed by atoms with Gasteiger partial charge in [0.05, 0.1) is 43.1 Å². The van der Waals surface area contributed by atoms with Crippen molar-refractivity contribution < 1.29 is 22.5 Å². The van der Waals surface area contributed by atoms with Crippen LogP contribution >= 0.6 is 25.3 Å². The van der Waals surface area contributed by atoms with Gasteiger partial charge in [0.2, 0.25) is 17.4 Å². The maximum Gasteiger partial charge on any atom is 0.235 e. The molecule has 0 saturated carbocycles. The van der Waals surface area contributed by atoms with Gasteiger partial charge in [-0.3, -0.25) is 9.59 Å². The van der Waals surface area contributed by atoms with Crippen LogP contribution in [-0.4, -0.2) is 93.0 Å². The average molecular weight is 538 g/mol. The molecular formula is C23H45N4O4S3+. The minimum atomic E-state index is -2.96. The molecule has 0 bridgehead atoms. The predicted octanol–water partition coefficient (Wildman–Crippen LogP) is 2.22. The second-order valence-corrected chi connectivity index (χ2v) is 14.8. The van der Waals surface area contributed by atoms with Crippen LogP contribution in [0.3, 0.4) is 0 Å². The molecule has 0 aromatic rings. The van der Waals surface area contributed by atoms with Crippen LogP contribution in [-0.2, 0) is 19.4 Å². The summed E-state index contributed by atoms with van der Waals surface area (Å²) in [4.78, 5) is 29.6. The van der Waals surface area contributed by atoms with Crippen molar-refractivity contribution in [3.63, 3.8) is 0 Å². The number of thiol groups is 2. The Kier molecular flexibility index (Phi) is 13.0. The second kappa shape index (κ2) is 13.4. The van der Waals surface area contributed by atoms with Crippen LogP contribution in [0.2, 0.25) is 0 Å². The highest BCUT2D eigenvalue weighted by Gasteiger charge is 2.47. The third-order valence-electron chi connectivity index (χ3n) is 5.80. The molecule has 0 spiro atoms. The number of carbonyl (C=O) groups excluding carboxylic acids is 2. The van der Waals surface area contributed by atoms with Gasteiger partial charge >= 0.3 is 0 Å². The van der Waals surface area contributed by atoms with Gasteiger partial charge in [-0.25, -0.2) is 15.0 Å². The number of rotatable bonds is 16. The van der Waals surface area contributed by atoms with Gasteiger partial charge in [-0.1, -0.05) is 6.92 Å². The van der Waals surface area contributed by atoms with Crippen molar-refractivity contribution in [1.29, 1.82) is 0 Å². The van der Waals surface area contributed by atoms with Crippen LogP contribution in [0.4, 0.5) is 0 Å². The summed E-state index contributed by atoms with van der Waals surface area (Å²) in [5.74, 6) is 0.204. The first kappa shape index (κ1) is 33.0. The molecule has 2 amide bonds. The normalized spacial score (nSPS) is 16.1. The van der Waals surface area contributed by atoms with Crippen LogP contribution in [0.15, 0.2) is 0 Å². The van der Waals surface area contributed by atoms with Crippen molar-refractivity contribution >= 4 is 46.9 Å². The molecule has 0 fully saturated rings. The summed E-state index contributed by atoms with van der Waals surface area (Å²) in [6.07, 6.45) is 3.05. The Bertz CT molecular complexity index is 836. The van der Waals surface area contributed by atoms with Gasteiger partial charge in [0, 0.05) is 58.2 Å². The summed E-state index contributed by atoms with van der Waals surface area (Å²) in [5, 5.41) is 5.78. The predicted molar refractivity (Wildman–Crippen MR) is 146 cm³/mol. The Morgan fingerprint density at radius 1 is 0.971 bits per heavy atom. The van der Waals surface area contributed by atoms with E-state index in [4.69, 9.17) is 6.57 Å². The molecule has 0 saturated heterocycles. The van der Waals surface area contributed by atoms with E-state index in [0.717, 1.165) is 19.5 Å². The molecule has 0 aliphatic heterocycles. The van der Waals surface area contributed by atoms with E-state index in [9.17, 15) is 18.0 Å². The standard InChI is InChI=1S/C23H44N4O4S3/c1-21(2,24-5)17-22(3,19(28)26-12-15-32)18-23(4,33)20(29)25-11-9-13-27(6,7)14-10-16-34(8,30)31/h9-18H2,1-4,6-8H3,(H3-,25,26,28,29,32,33)/p+1. The van der Waals surface area contributed by atoms with Gasteiger partial charge in [-0.15, -0.1) is 0 Å². The Morgan fingerprint density at radius 3 is 2.00 bits per heavy atom. The molecule has 0 radical (unpaired) electrons. The number of nitrogens with zero attached hydrogens (tertiary/aromatic N) is 2. The lowest BCUT2D eigenvalue weighted by atomic mass is 9.72. The van der Waals surface area contributed by atoms with Gasteiger partial charge < -0.3 is 20.0 Å². The summed E-state index contributed by atoms with van der Waals surface area (Å²) in [6, 6.07) is 0. The molecule has 0 heterocycles. The number of carbonyl (C=O) groups is 2. The van der Waals surface area contributed by atoms with Gasteiger partial charge in [0.15, 0.2) is 0 Å². The summed E-state index contributed by atoms with van der Waals surface area (Å²) < 4.78 is 22.2. The second-order valence-electron chi connectivity index (χ2n) is 11.1. The van der Waals surface area contributed by atoms with E-state index in [-0.39, 0.29) is 24.0 Å². The van der Waals surface area contributed by atoms with E-state index < -0.39 is 25.5 Å². The molecule has 2 unspecified atom stereocenters. The van der Waals surface area contributed by atoms with Crippen LogP contribution in [0.5, 0.6) is 0 Å². The number of nitrogens with one attached hydrogen (secondary N) is 2. The minimum Gasteiger partial charge on any atom is -0.355 e. The molecule has 0 aromatic heterocycles. The fourth-order valence-corrected chi connectivity index (χ4v) is 5.40. The Labute approximate surface area is 218 Å². The van der Waals surface area contributed by atoms with Crippen LogP contribution in [0.1, 0.15) is 53.4 Å². The van der Waals surface area contributed by atoms with Crippen LogP contribution < -0.4 is 10.6 Å². The summed E-state index contributed by atoms with van der Waals surface area (Å²) in [7, 11) is 1.12. The third kappa shape index (κ3) is 13.2. The highest BCUT2D eigenvalue weighted by molar-refractivity contribution is 7.90. The fraction of sp³-hybridized carbons (Fsp3) is 0.870. The molecule has 0 rings (SSSR count). The lowest BCUT2D eigenvalue weighted by molar-refractivity contribution is -0.890. The first-order valence-electron chi connectivity index (χ1n) is 11.6. The molecule has 11 heteroatoms. The van der Waals surface area contributed by atoms with Crippen LogP contribution in [0.25, 0.3) is 4.85 Å².